The standard InChI is InChI=1S/C16H21N3O2S.2ClH/c1-11-14(18-16(21-11)13-4-6-22-10-13)7-15(20)19-5-3-12(9-19)8-17-2;;/h4,6,10,12,17H,3,5,7-9H2,1-2H3;2*1H. The van der Waals surface area contributed by atoms with Crippen LogP contribution in [0.1, 0.15) is 17.9 Å². The highest BCUT2D eigenvalue weighted by molar-refractivity contribution is 7.08. The van der Waals surface area contributed by atoms with Gasteiger partial charge in [-0.3, -0.25) is 4.79 Å². The molecule has 0 radical (unpaired) electrons. The molecule has 134 valence electrons. The summed E-state index contributed by atoms with van der Waals surface area (Å²) in [5.41, 5.74) is 1.73. The number of thiophene rings is 1. The Labute approximate surface area is 158 Å². The zero-order valence-corrected chi connectivity index (χ0v) is 16.2. The molecule has 0 spiro atoms. The maximum Gasteiger partial charge on any atom is 0.228 e. The molecular weight excluding hydrogens is 369 g/mol. The van der Waals surface area contributed by atoms with Gasteiger partial charge in [-0.15, -0.1) is 24.8 Å². The summed E-state index contributed by atoms with van der Waals surface area (Å²) in [5.74, 6) is 2.05. The quantitative estimate of drug-likeness (QED) is 0.849. The van der Waals surface area contributed by atoms with Crippen LogP contribution in [0.25, 0.3) is 11.5 Å². The van der Waals surface area contributed by atoms with Gasteiger partial charge in [-0.05, 0) is 44.3 Å². The van der Waals surface area contributed by atoms with Crippen LogP contribution in [-0.4, -0.2) is 42.5 Å². The monoisotopic (exact) mass is 391 g/mol. The van der Waals surface area contributed by atoms with Gasteiger partial charge in [0.2, 0.25) is 11.8 Å². The van der Waals surface area contributed by atoms with E-state index in [-0.39, 0.29) is 30.7 Å². The summed E-state index contributed by atoms with van der Waals surface area (Å²) in [7, 11) is 1.95. The molecule has 0 aliphatic carbocycles. The first-order chi connectivity index (χ1) is 10.7. The van der Waals surface area contributed by atoms with Gasteiger partial charge < -0.3 is 14.6 Å². The molecule has 24 heavy (non-hydrogen) atoms. The number of aryl methyl sites for hydroxylation is 1. The molecule has 3 rings (SSSR count). The van der Waals surface area contributed by atoms with Gasteiger partial charge in [0.05, 0.1) is 12.1 Å². The first kappa shape index (κ1) is 21.0. The van der Waals surface area contributed by atoms with Crippen LogP contribution in [0, 0.1) is 12.8 Å². The van der Waals surface area contributed by atoms with Crippen molar-refractivity contribution < 1.29 is 9.21 Å². The second-order valence-electron chi connectivity index (χ2n) is 5.76. The van der Waals surface area contributed by atoms with Crippen molar-refractivity contribution in [3.63, 3.8) is 0 Å². The molecule has 5 nitrogen and oxygen atoms in total. The predicted molar refractivity (Wildman–Crippen MR) is 101 cm³/mol. The fourth-order valence-electron chi connectivity index (χ4n) is 2.87. The van der Waals surface area contributed by atoms with Gasteiger partial charge in [-0.2, -0.15) is 11.3 Å². The van der Waals surface area contributed by atoms with Gasteiger partial charge in [0.1, 0.15) is 5.76 Å². The van der Waals surface area contributed by atoms with E-state index in [0.717, 1.165) is 43.1 Å². The van der Waals surface area contributed by atoms with E-state index in [4.69, 9.17) is 4.42 Å². The summed E-state index contributed by atoms with van der Waals surface area (Å²) < 4.78 is 5.70. The van der Waals surface area contributed by atoms with Crippen molar-refractivity contribution in [2.45, 2.75) is 19.8 Å². The van der Waals surface area contributed by atoms with Crippen molar-refractivity contribution in [3.8, 4) is 11.5 Å². The second kappa shape index (κ2) is 9.42. The van der Waals surface area contributed by atoms with Crippen LogP contribution >= 0.6 is 36.2 Å². The predicted octanol–water partition coefficient (Wildman–Crippen LogP) is 3.17. The molecule has 1 saturated heterocycles. The van der Waals surface area contributed by atoms with Crippen molar-refractivity contribution in [3.05, 3.63) is 28.3 Å². The number of likely N-dealkylation sites (tertiary alicyclic amines) is 1. The SMILES string of the molecule is CNCC1CCN(C(=O)Cc2nc(-c3ccsc3)oc2C)C1.Cl.Cl. The topological polar surface area (TPSA) is 58.4 Å². The summed E-state index contributed by atoms with van der Waals surface area (Å²) in [5, 5.41) is 7.17. The van der Waals surface area contributed by atoms with Crippen molar-refractivity contribution in [2.24, 2.45) is 5.92 Å². The zero-order valence-electron chi connectivity index (χ0n) is 13.8. The first-order valence-corrected chi connectivity index (χ1v) is 8.53. The Morgan fingerprint density at radius 3 is 2.96 bits per heavy atom. The maximum atomic E-state index is 12.4. The Morgan fingerprint density at radius 1 is 1.50 bits per heavy atom. The zero-order chi connectivity index (χ0) is 15.5. The molecule has 1 fully saturated rings. The highest BCUT2D eigenvalue weighted by atomic mass is 35.5. The first-order valence-electron chi connectivity index (χ1n) is 7.58. The molecule has 0 saturated carbocycles. The fraction of sp³-hybridized carbons (Fsp3) is 0.500. The van der Waals surface area contributed by atoms with Crippen molar-refractivity contribution in [2.75, 3.05) is 26.7 Å². The molecular formula is C16H23Cl2N3O2S. The van der Waals surface area contributed by atoms with Crippen molar-refractivity contribution in [1.82, 2.24) is 15.2 Å². The van der Waals surface area contributed by atoms with E-state index >= 15 is 0 Å². The number of carbonyl (C=O) groups is 1. The minimum atomic E-state index is 0. The summed E-state index contributed by atoms with van der Waals surface area (Å²) >= 11 is 1.61. The molecule has 1 amide bonds. The minimum Gasteiger partial charge on any atom is -0.441 e. The van der Waals surface area contributed by atoms with E-state index < -0.39 is 0 Å². The summed E-state index contributed by atoms with van der Waals surface area (Å²) in [6, 6.07) is 1.98. The number of hydrogen-bond donors (Lipinski definition) is 1. The maximum absolute atomic E-state index is 12.4. The van der Waals surface area contributed by atoms with Gasteiger partial charge in [-0.1, -0.05) is 0 Å². The lowest BCUT2D eigenvalue weighted by molar-refractivity contribution is -0.129. The van der Waals surface area contributed by atoms with Crippen LogP contribution in [0.3, 0.4) is 0 Å². The van der Waals surface area contributed by atoms with E-state index in [1.807, 2.05) is 35.7 Å². The van der Waals surface area contributed by atoms with Crippen molar-refractivity contribution in [1.29, 1.82) is 0 Å². The number of nitrogens with zero attached hydrogens (tertiary/aromatic N) is 2. The Hall–Kier alpha value is -1.08. The van der Waals surface area contributed by atoms with E-state index in [9.17, 15) is 4.79 Å². The highest BCUT2D eigenvalue weighted by Gasteiger charge is 2.27. The van der Waals surface area contributed by atoms with Gasteiger partial charge >= 0.3 is 0 Å². The third kappa shape index (κ3) is 4.72. The lowest BCUT2D eigenvalue weighted by Crippen LogP contribution is -2.31. The molecule has 1 unspecified atom stereocenters. The fourth-order valence-corrected chi connectivity index (χ4v) is 3.50. The third-order valence-corrected chi connectivity index (χ3v) is 4.79. The van der Waals surface area contributed by atoms with Gasteiger partial charge in [0.25, 0.3) is 0 Å². The van der Waals surface area contributed by atoms with E-state index in [1.165, 1.54) is 0 Å². The number of amides is 1. The average Bonchev–Trinajstić information content (AvgIpc) is 3.21. The summed E-state index contributed by atoms with van der Waals surface area (Å²) in [6.45, 7) is 4.53. The number of nitrogens with one attached hydrogen (secondary N) is 1. The number of carbonyl (C=O) groups excluding carboxylic acids is 1. The number of hydrogen-bond acceptors (Lipinski definition) is 5. The molecule has 2 aromatic heterocycles. The largest absolute Gasteiger partial charge is 0.441 e. The molecule has 1 atom stereocenters. The van der Waals surface area contributed by atoms with Crippen LogP contribution in [0.5, 0.6) is 0 Å². The van der Waals surface area contributed by atoms with Gasteiger partial charge in [-0.25, -0.2) is 4.98 Å². The average molecular weight is 392 g/mol. The van der Waals surface area contributed by atoms with Crippen LogP contribution in [0.2, 0.25) is 0 Å². The number of rotatable bonds is 5. The molecule has 3 heterocycles. The Bertz CT molecular complexity index is 646. The van der Waals surface area contributed by atoms with Gasteiger partial charge in [0, 0.05) is 24.0 Å². The number of halogens is 2. The van der Waals surface area contributed by atoms with E-state index in [0.29, 0.717) is 18.2 Å². The molecule has 1 aliphatic heterocycles. The normalized spacial score (nSPS) is 16.6. The van der Waals surface area contributed by atoms with Crippen LogP contribution in [0.15, 0.2) is 21.2 Å². The molecule has 8 heteroatoms. The summed E-state index contributed by atoms with van der Waals surface area (Å²) in [4.78, 5) is 18.9. The van der Waals surface area contributed by atoms with Crippen LogP contribution in [-0.2, 0) is 11.2 Å². The third-order valence-electron chi connectivity index (χ3n) is 4.11. The van der Waals surface area contributed by atoms with Crippen LogP contribution < -0.4 is 5.32 Å². The Morgan fingerprint density at radius 2 is 2.29 bits per heavy atom. The lowest BCUT2D eigenvalue weighted by Gasteiger charge is -2.16. The summed E-state index contributed by atoms with van der Waals surface area (Å²) in [6.07, 6.45) is 1.40. The van der Waals surface area contributed by atoms with E-state index in [2.05, 4.69) is 10.3 Å². The Kier molecular flexibility index (Phi) is 8.22. The molecule has 0 aromatic carbocycles. The van der Waals surface area contributed by atoms with E-state index in [1.54, 1.807) is 11.3 Å². The highest BCUT2D eigenvalue weighted by Crippen LogP contribution is 2.25. The molecule has 2 aromatic rings. The number of aromatic nitrogens is 1. The molecule has 1 aliphatic rings. The molecule has 1 N–H and O–H groups in total. The smallest absolute Gasteiger partial charge is 0.228 e. The lowest BCUT2D eigenvalue weighted by atomic mass is 10.1. The number of oxazole rings is 1. The molecule has 0 bridgehead atoms. The minimum absolute atomic E-state index is 0. The Balaban J connectivity index is 0.00000144. The second-order valence-corrected chi connectivity index (χ2v) is 6.54. The van der Waals surface area contributed by atoms with Crippen LogP contribution in [0.4, 0.5) is 0 Å². The van der Waals surface area contributed by atoms with Crippen molar-refractivity contribution >= 4 is 42.1 Å². The van der Waals surface area contributed by atoms with Gasteiger partial charge in [0.15, 0.2) is 0 Å².